The molecule has 0 saturated heterocycles. The third-order valence-electron chi connectivity index (χ3n) is 2.27. The van der Waals surface area contributed by atoms with Gasteiger partial charge in [-0.2, -0.15) is 0 Å². The van der Waals surface area contributed by atoms with Crippen molar-refractivity contribution in [3.05, 3.63) is 0 Å². The van der Waals surface area contributed by atoms with Crippen LogP contribution in [0.5, 0.6) is 0 Å². The van der Waals surface area contributed by atoms with Crippen LogP contribution in [0.4, 0.5) is 0 Å². The van der Waals surface area contributed by atoms with E-state index >= 15 is 0 Å². The van der Waals surface area contributed by atoms with E-state index in [4.69, 9.17) is 25.1 Å². The zero-order valence-electron chi connectivity index (χ0n) is 9.09. The van der Waals surface area contributed by atoms with Gasteiger partial charge in [0.15, 0.2) is 5.92 Å². The minimum atomic E-state index is -4.76. The summed E-state index contributed by atoms with van der Waals surface area (Å²) in [5.74, 6) is -6.74. The van der Waals surface area contributed by atoms with Crippen molar-refractivity contribution in [1.82, 2.24) is 0 Å². The molecule has 0 aliphatic heterocycles. The summed E-state index contributed by atoms with van der Waals surface area (Å²) in [6, 6.07) is 0. The van der Waals surface area contributed by atoms with Gasteiger partial charge in [0, 0.05) is 6.42 Å². The molecule has 0 aromatic heterocycles. The van der Waals surface area contributed by atoms with Crippen molar-refractivity contribution in [2.24, 2.45) is 5.92 Å². The summed E-state index contributed by atoms with van der Waals surface area (Å²) in [5, 5.41) is 25.6. The Balaban J connectivity index is 4.88. The van der Waals surface area contributed by atoms with Crippen LogP contribution in [0.15, 0.2) is 0 Å². The van der Waals surface area contributed by atoms with Crippen LogP contribution in [0, 0.1) is 5.92 Å². The topological polar surface area (TPSA) is 169 Å². The average Bonchev–Trinajstić information content (AvgIpc) is 2.13. The molecule has 0 fully saturated rings. The number of carboxylic acids is 3. The molecule has 0 spiro atoms. The molecule has 0 aromatic rings. The molecular weight excluding hydrogens is 271 g/mol. The van der Waals surface area contributed by atoms with Gasteiger partial charge in [-0.1, -0.05) is 0 Å². The summed E-state index contributed by atoms with van der Waals surface area (Å²) in [6.07, 6.45) is -1.89. The van der Waals surface area contributed by atoms with Crippen LogP contribution in [0.2, 0.25) is 0 Å². The molecule has 1 atom stereocenters. The van der Waals surface area contributed by atoms with Crippen molar-refractivity contribution in [3.63, 3.8) is 0 Å². The Morgan fingerprint density at radius 3 is 1.72 bits per heavy atom. The molecule has 0 aliphatic rings. The third-order valence-corrected chi connectivity index (χ3v) is 3.69. The highest BCUT2D eigenvalue weighted by molar-refractivity contribution is 7.52. The first-order valence-corrected chi connectivity index (χ1v) is 6.46. The Bertz CT molecular complexity index is 370. The van der Waals surface area contributed by atoms with E-state index in [-0.39, 0.29) is 0 Å². The Morgan fingerprint density at radius 1 is 1.00 bits per heavy atom. The zero-order chi connectivity index (χ0) is 14.5. The van der Waals surface area contributed by atoms with Crippen LogP contribution >= 0.6 is 7.60 Å². The predicted molar refractivity (Wildman–Crippen MR) is 56.1 cm³/mol. The molecule has 9 nitrogen and oxygen atoms in total. The van der Waals surface area contributed by atoms with Gasteiger partial charge in [-0.25, -0.2) is 0 Å². The van der Waals surface area contributed by atoms with Gasteiger partial charge in [0.05, 0.1) is 5.66 Å². The lowest BCUT2D eigenvalue weighted by Crippen LogP contribution is -2.28. The maximum absolute atomic E-state index is 11.0. The van der Waals surface area contributed by atoms with Gasteiger partial charge >= 0.3 is 25.5 Å². The molecule has 10 heteroatoms. The molecule has 5 N–H and O–H groups in total. The number of carboxylic acid groups (broad SMARTS) is 3. The normalized spacial score (nSPS) is 13.3. The highest BCUT2D eigenvalue weighted by Crippen LogP contribution is 2.46. The minimum Gasteiger partial charge on any atom is -0.481 e. The number of rotatable bonds is 8. The lowest BCUT2D eigenvalue weighted by molar-refractivity contribution is -0.154. The lowest BCUT2D eigenvalue weighted by atomic mass is 10.0. The van der Waals surface area contributed by atoms with Gasteiger partial charge in [0.2, 0.25) is 0 Å². The molecule has 0 rings (SSSR count). The molecule has 0 bridgehead atoms. The second-order valence-corrected chi connectivity index (χ2v) is 5.55. The van der Waals surface area contributed by atoms with Gasteiger partial charge in [0.25, 0.3) is 0 Å². The number of hydrogen-bond donors (Lipinski definition) is 5. The monoisotopic (exact) mass is 284 g/mol. The molecule has 0 amide bonds. The highest BCUT2D eigenvalue weighted by atomic mass is 31.2. The quantitative estimate of drug-likeness (QED) is 0.293. The number of carbonyl (C=O) groups is 3. The Morgan fingerprint density at radius 2 is 1.44 bits per heavy atom. The van der Waals surface area contributed by atoms with E-state index in [1.807, 2.05) is 0 Å². The lowest BCUT2D eigenvalue weighted by Gasteiger charge is -2.19. The van der Waals surface area contributed by atoms with Crippen molar-refractivity contribution in [3.8, 4) is 0 Å². The van der Waals surface area contributed by atoms with E-state index in [1.165, 1.54) is 0 Å². The fourth-order valence-electron chi connectivity index (χ4n) is 1.29. The molecule has 0 radical (unpaired) electrons. The number of hydrogen-bond acceptors (Lipinski definition) is 4. The fraction of sp³-hybridized carbons (Fsp3) is 0.625. The van der Waals surface area contributed by atoms with Crippen molar-refractivity contribution >= 4 is 25.5 Å². The van der Waals surface area contributed by atoms with E-state index < -0.39 is 56.3 Å². The largest absolute Gasteiger partial charge is 0.481 e. The Hall–Kier alpha value is -1.44. The summed E-state index contributed by atoms with van der Waals surface area (Å²) in [4.78, 5) is 49.4. The van der Waals surface area contributed by atoms with E-state index in [0.29, 0.717) is 0 Å². The maximum atomic E-state index is 11.0. The van der Waals surface area contributed by atoms with Crippen molar-refractivity contribution in [2.75, 3.05) is 0 Å². The molecule has 18 heavy (non-hydrogen) atoms. The predicted octanol–water partition coefficient (Wildman–Crippen LogP) is -0.427. The number of aliphatic carboxylic acids is 3. The van der Waals surface area contributed by atoms with Crippen LogP contribution in [0.1, 0.15) is 19.3 Å². The second kappa shape index (κ2) is 6.48. The van der Waals surface area contributed by atoms with Gasteiger partial charge in [-0.15, -0.1) is 0 Å². The average molecular weight is 284 g/mol. The maximum Gasteiger partial charge on any atom is 0.328 e. The van der Waals surface area contributed by atoms with Crippen molar-refractivity contribution in [1.29, 1.82) is 0 Å². The summed E-state index contributed by atoms with van der Waals surface area (Å²) < 4.78 is 11.0. The first kappa shape index (κ1) is 16.6. The van der Waals surface area contributed by atoms with Gasteiger partial charge < -0.3 is 25.1 Å². The summed E-state index contributed by atoms with van der Waals surface area (Å²) in [6.45, 7) is 0. The second-order valence-electron chi connectivity index (χ2n) is 3.64. The van der Waals surface area contributed by atoms with E-state index in [9.17, 15) is 18.9 Å². The SMILES string of the molecule is O=C(O)CCC(CC(C(=O)O)C(=O)O)P(=O)(O)O. The molecule has 104 valence electrons. The van der Waals surface area contributed by atoms with E-state index in [1.54, 1.807) is 0 Å². The Labute approximate surface area is 101 Å². The van der Waals surface area contributed by atoms with Crippen LogP contribution < -0.4 is 0 Å². The van der Waals surface area contributed by atoms with Crippen molar-refractivity contribution < 1.29 is 44.1 Å². The van der Waals surface area contributed by atoms with E-state index in [0.717, 1.165) is 0 Å². The molecular formula is C8H13O9P. The fourth-order valence-corrected chi connectivity index (χ4v) is 2.24. The third kappa shape index (κ3) is 5.76. The van der Waals surface area contributed by atoms with Gasteiger partial charge in [0.1, 0.15) is 0 Å². The standard InChI is InChI=1S/C8H13O9P/c9-6(10)2-1-4(18(15,16)17)3-5(7(11)12)8(13)14/h4-5H,1-3H2,(H,9,10)(H,11,12)(H,13,14)(H2,15,16,17). The highest BCUT2D eigenvalue weighted by Gasteiger charge is 2.37. The zero-order valence-corrected chi connectivity index (χ0v) is 9.99. The first-order chi connectivity index (χ1) is 8.05. The molecule has 0 saturated carbocycles. The first-order valence-electron chi connectivity index (χ1n) is 4.78. The van der Waals surface area contributed by atoms with Crippen LogP contribution in [0.3, 0.4) is 0 Å². The Kier molecular flexibility index (Phi) is 5.96. The summed E-state index contributed by atoms with van der Waals surface area (Å²) >= 11 is 0. The summed E-state index contributed by atoms with van der Waals surface area (Å²) in [5.41, 5.74) is -1.61. The molecule has 1 unspecified atom stereocenters. The van der Waals surface area contributed by atoms with E-state index in [2.05, 4.69) is 0 Å². The minimum absolute atomic E-state index is 0.489. The molecule has 0 heterocycles. The van der Waals surface area contributed by atoms with Crippen molar-refractivity contribution in [2.45, 2.75) is 24.9 Å². The van der Waals surface area contributed by atoms with Gasteiger partial charge in [-0.3, -0.25) is 18.9 Å². The van der Waals surface area contributed by atoms with Gasteiger partial charge in [-0.05, 0) is 12.8 Å². The molecule has 0 aromatic carbocycles. The molecule has 0 aliphatic carbocycles. The van der Waals surface area contributed by atoms with Crippen LogP contribution in [0.25, 0.3) is 0 Å². The smallest absolute Gasteiger partial charge is 0.328 e. The summed E-state index contributed by atoms with van der Waals surface area (Å²) in [7, 11) is -4.76. The van der Waals surface area contributed by atoms with Crippen LogP contribution in [-0.4, -0.2) is 48.7 Å². The van der Waals surface area contributed by atoms with Crippen LogP contribution in [-0.2, 0) is 18.9 Å².